The van der Waals surface area contributed by atoms with Crippen molar-refractivity contribution in [2.45, 2.75) is 12.8 Å². The summed E-state index contributed by atoms with van der Waals surface area (Å²) in [6, 6.07) is 0. The summed E-state index contributed by atoms with van der Waals surface area (Å²) < 4.78 is 0. The minimum absolute atomic E-state index is 0.419. The maximum Gasteiger partial charge on any atom is 0.307 e. The average Bonchev–Trinajstić information content (AvgIpc) is 2.26. The van der Waals surface area contributed by atoms with E-state index in [-0.39, 0.29) is 0 Å². The Balaban J connectivity index is 2.76. The van der Waals surface area contributed by atoms with E-state index in [9.17, 15) is 9.59 Å². The van der Waals surface area contributed by atoms with E-state index in [1.54, 1.807) is 0 Å². The number of aliphatic carboxylic acids is 2. The number of carbonyl (C=O) groups is 2. The predicted octanol–water partition coefficient (Wildman–Crippen LogP) is 0.114. The Morgan fingerprint density at radius 1 is 1.07 bits per heavy atom. The molecule has 5 nitrogen and oxygen atoms in total. The van der Waals surface area contributed by atoms with Crippen LogP contribution in [0.5, 0.6) is 0 Å². The van der Waals surface area contributed by atoms with Crippen molar-refractivity contribution in [1.29, 1.82) is 0 Å². The molecule has 0 radical (unpaired) electrons. The molecule has 1 rings (SSSR count). The molecule has 0 saturated carbocycles. The highest BCUT2D eigenvalue weighted by Crippen LogP contribution is 2.24. The first kappa shape index (κ1) is 11.0. The number of hydrogen-bond donors (Lipinski definition) is 2. The van der Waals surface area contributed by atoms with Crippen LogP contribution in [0, 0.1) is 11.8 Å². The fourth-order valence-electron chi connectivity index (χ4n) is 1.82. The van der Waals surface area contributed by atoms with Gasteiger partial charge in [-0.2, -0.15) is 0 Å². The van der Waals surface area contributed by atoms with Gasteiger partial charge in [0.15, 0.2) is 0 Å². The lowest BCUT2D eigenvalue weighted by Crippen LogP contribution is -2.29. The van der Waals surface area contributed by atoms with Gasteiger partial charge < -0.3 is 15.1 Å². The molecule has 14 heavy (non-hydrogen) atoms. The fraction of sp³-hybridized carbons (Fsp3) is 0.778. The van der Waals surface area contributed by atoms with Crippen molar-refractivity contribution >= 4 is 11.9 Å². The Labute approximate surface area is 82.3 Å². The van der Waals surface area contributed by atoms with Crippen LogP contribution in [-0.4, -0.2) is 47.2 Å². The van der Waals surface area contributed by atoms with Gasteiger partial charge in [0.2, 0.25) is 0 Å². The number of rotatable bonds is 2. The zero-order valence-electron chi connectivity index (χ0n) is 8.14. The molecule has 2 unspecified atom stereocenters. The highest BCUT2D eigenvalue weighted by molar-refractivity contribution is 5.80. The van der Waals surface area contributed by atoms with Crippen molar-refractivity contribution in [1.82, 2.24) is 4.90 Å². The molecule has 1 aliphatic rings. The lowest BCUT2D eigenvalue weighted by atomic mass is 9.88. The first-order valence-corrected chi connectivity index (χ1v) is 4.66. The second kappa shape index (κ2) is 4.41. The second-order valence-electron chi connectivity index (χ2n) is 3.77. The summed E-state index contributed by atoms with van der Waals surface area (Å²) in [6.45, 7) is 1.31. The number of hydrogen-bond acceptors (Lipinski definition) is 3. The van der Waals surface area contributed by atoms with E-state index in [1.165, 1.54) is 0 Å². The summed E-state index contributed by atoms with van der Waals surface area (Å²) in [5.74, 6) is -3.46. The monoisotopic (exact) mass is 201 g/mol. The van der Waals surface area contributed by atoms with E-state index >= 15 is 0 Å². The lowest BCUT2D eigenvalue weighted by molar-refractivity contribution is -0.153. The van der Waals surface area contributed by atoms with Crippen molar-refractivity contribution in [3.63, 3.8) is 0 Å². The molecule has 0 aromatic carbocycles. The van der Waals surface area contributed by atoms with E-state index in [0.29, 0.717) is 25.9 Å². The van der Waals surface area contributed by atoms with Gasteiger partial charge in [-0.1, -0.05) is 0 Å². The van der Waals surface area contributed by atoms with Gasteiger partial charge in [0.1, 0.15) is 0 Å². The molecule has 5 heteroatoms. The zero-order chi connectivity index (χ0) is 10.7. The molecule has 0 spiro atoms. The molecule has 80 valence electrons. The van der Waals surface area contributed by atoms with Crippen LogP contribution in [0.25, 0.3) is 0 Å². The molecule has 1 aliphatic heterocycles. The van der Waals surface area contributed by atoms with Gasteiger partial charge in [-0.3, -0.25) is 9.59 Å². The van der Waals surface area contributed by atoms with Gasteiger partial charge in [0.05, 0.1) is 11.8 Å². The first-order chi connectivity index (χ1) is 6.52. The molecule has 1 fully saturated rings. The van der Waals surface area contributed by atoms with Crippen LogP contribution in [0.2, 0.25) is 0 Å². The van der Waals surface area contributed by atoms with Crippen LogP contribution in [0.3, 0.4) is 0 Å². The standard InChI is InChI=1S/C9H15NO4/c1-10-4-2-6(8(11)12)7(3-5-10)9(13)14/h6-7H,2-5H2,1H3,(H,11,12)(H,13,14). The van der Waals surface area contributed by atoms with Gasteiger partial charge in [-0.05, 0) is 33.0 Å². The van der Waals surface area contributed by atoms with E-state index < -0.39 is 23.8 Å². The van der Waals surface area contributed by atoms with Gasteiger partial charge >= 0.3 is 11.9 Å². The smallest absolute Gasteiger partial charge is 0.307 e. The summed E-state index contributed by atoms with van der Waals surface area (Å²) >= 11 is 0. The molecule has 0 bridgehead atoms. The highest BCUT2D eigenvalue weighted by atomic mass is 16.4. The van der Waals surface area contributed by atoms with Gasteiger partial charge in [0, 0.05) is 0 Å². The van der Waals surface area contributed by atoms with Crippen molar-refractivity contribution < 1.29 is 19.8 Å². The van der Waals surface area contributed by atoms with E-state index in [2.05, 4.69) is 0 Å². The predicted molar refractivity (Wildman–Crippen MR) is 49.0 cm³/mol. The summed E-state index contributed by atoms with van der Waals surface area (Å²) in [4.78, 5) is 23.7. The topological polar surface area (TPSA) is 77.8 Å². The Morgan fingerprint density at radius 2 is 1.43 bits per heavy atom. The number of likely N-dealkylation sites (tertiary alicyclic amines) is 1. The summed E-state index contributed by atoms with van der Waals surface area (Å²) in [7, 11) is 1.88. The van der Waals surface area contributed by atoms with E-state index in [1.807, 2.05) is 11.9 Å². The lowest BCUT2D eigenvalue weighted by Gasteiger charge is -2.15. The van der Waals surface area contributed by atoms with Gasteiger partial charge in [0.25, 0.3) is 0 Å². The molecule has 2 atom stereocenters. The largest absolute Gasteiger partial charge is 0.481 e. The van der Waals surface area contributed by atoms with Crippen LogP contribution in [-0.2, 0) is 9.59 Å². The Morgan fingerprint density at radius 3 is 1.71 bits per heavy atom. The van der Waals surface area contributed by atoms with Crippen molar-refractivity contribution in [3.05, 3.63) is 0 Å². The highest BCUT2D eigenvalue weighted by Gasteiger charge is 2.35. The third-order valence-corrected chi connectivity index (χ3v) is 2.76. The second-order valence-corrected chi connectivity index (χ2v) is 3.77. The Hall–Kier alpha value is -1.10. The molecule has 0 aromatic heterocycles. The summed E-state index contributed by atoms with van der Waals surface area (Å²) in [5.41, 5.74) is 0. The quantitative estimate of drug-likeness (QED) is 0.663. The summed E-state index contributed by atoms with van der Waals surface area (Å²) in [6.07, 6.45) is 0.839. The molecule has 0 aromatic rings. The third kappa shape index (κ3) is 2.45. The maximum absolute atomic E-state index is 10.8. The Kier molecular flexibility index (Phi) is 3.46. The fourth-order valence-corrected chi connectivity index (χ4v) is 1.82. The Bertz CT molecular complexity index is 217. The molecular weight excluding hydrogens is 186 g/mol. The molecular formula is C9H15NO4. The van der Waals surface area contributed by atoms with Crippen LogP contribution >= 0.6 is 0 Å². The van der Waals surface area contributed by atoms with Crippen LogP contribution in [0.1, 0.15) is 12.8 Å². The molecule has 1 heterocycles. The molecule has 0 amide bonds. The van der Waals surface area contributed by atoms with Crippen LogP contribution in [0.15, 0.2) is 0 Å². The average molecular weight is 201 g/mol. The molecule has 2 N–H and O–H groups in total. The summed E-state index contributed by atoms with van der Waals surface area (Å²) in [5, 5.41) is 17.8. The minimum atomic E-state index is -0.993. The van der Waals surface area contributed by atoms with Crippen molar-refractivity contribution in [2.75, 3.05) is 20.1 Å². The molecule has 1 saturated heterocycles. The van der Waals surface area contributed by atoms with E-state index in [4.69, 9.17) is 10.2 Å². The molecule has 0 aliphatic carbocycles. The normalized spacial score (nSPS) is 29.5. The van der Waals surface area contributed by atoms with Crippen LogP contribution < -0.4 is 0 Å². The minimum Gasteiger partial charge on any atom is -0.481 e. The van der Waals surface area contributed by atoms with E-state index in [0.717, 1.165) is 0 Å². The SMILES string of the molecule is CN1CCC(C(=O)O)C(C(=O)O)CC1. The number of carboxylic acids is 2. The number of carboxylic acid groups (broad SMARTS) is 2. The first-order valence-electron chi connectivity index (χ1n) is 4.66. The van der Waals surface area contributed by atoms with Gasteiger partial charge in [-0.25, -0.2) is 0 Å². The van der Waals surface area contributed by atoms with Crippen molar-refractivity contribution in [3.8, 4) is 0 Å². The van der Waals surface area contributed by atoms with Crippen molar-refractivity contribution in [2.24, 2.45) is 11.8 Å². The van der Waals surface area contributed by atoms with Gasteiger partial charge in [-0.15, -0.1) is 0 Å². The number of nitrogens with zero attached hydrogens (tertiary/aromatic N) is 1. The zero-order valence-corrected chi connectivity index (χ0v) is 8.14. The maximum atomic E-state index is 10.8. The van der Waals surface area contributed by atoms with Crippen LogP contribution in [0.4, 0.5) is 0 Å². The third-order valence-electron chi connectivity index (χ3n) is 2.76.